The van der Waals surface area contributed by atoms with Crippen LogP contribution in [0.1, 0.15) is 5.69 Å². The van der Waals surface area contributed by atoms with Gasteiger partial charge >= 0.3 is 0 Å². The van der Waals surface area contributed by atoms with Gasteiger partial charge in [-0.25, -0.2) is 4.98 Å². The van der Waals surface area contributed by atoms with Crippen LogP contribution in [-0.4, -0.2) is 26.9 Å². The molecule has 0 atom stereocenters. The highest BCUT2D eigenvalue weighted by Crippen LogP contribution is 2.34. The first-order valence-electron chi connectivity index (χ1n) is 9.20. The van der Waals surface area contributed by atoms with Crippen LogP contribution in [0.4, 0.5) is 0 Å². The van der Waals surface area contributed by atoms with Crippen LogP contribution in [0.3, 0.4) is 0 Å². The number of hydrogen-bond acceptors (Lipinski definition) is 6. The zero-order chi connectivity index (χ0) is 20.9. The third kappa shape index (κ3) is 4.43. The summed E-state index contributed by atoms with van der Waals surface area (Å²) in [6, 6.07) is 15.7. The average molecular weight is 455 g/mol. The van der Waals surface area contributed by atoms with Gasteiger partial charge in [-0.1, -0.05) is 59.8 Å². The predicted molar refractivity (Wildman–Crippen MR) is 124 cm³/mol. The van der Waals surface area contributed by atoms with Gasteiger partial charge in [-0.2, -0.15) is 0 Å². The molecule has 0 saturated carbocycles. The van der Waals surface area contributed by atoms with Crippen molar-refractivity contribution in [1.29, 1.82) is 0 Å². The molecule has 0 N–H and O–H groups in total. The molecular formula is C22H19ClN4OS2. The molecule has 30 heavy (non-hydrogen) atoms. The predicted octanol–water partition coefficient (Wildman–Crippen LogP) is 6.21. The molecular weight excluding hydrogens is 436 g/mol. The monoisotopic (exact) mass is 454 g/mol. The van der Waals surface area contributed by atoms with Crippen molar-refractivity contribution in [1.82, 2.24) is 19.7 Å². The fourth-order valence-corrected chi connectivity index (χ4v) is 4.91. The second-order valence-corrected chi connectivity index (χ2v) is 8.59. The number of thioether (sulfide) groups is 1. The second kappa shape index (κ2) is 9.47. The first kappa shape index (κ1) is 20.7. The van der Waals surface area contributed by atoms with Crippen LogP contribution in [0.5, 0.6) is 5.75 Å². The van der Waals surface area contributed by atoms with Crippen molar-refractivity contribution in [2.45, 2.75) is 17.5 Å². The minimum atomic E-state index is 0.576. The molecule has 2 aromatic heterocycles. The van der Waals surface area contributed by atoms with Crippen LogP contribution in [0.25, 0.3) is 22.0 Å². The smallest absolute Gasteiger partial charge is 0.192 e. The van der Waals surface area contributed by atoms with Crippen LogP contribution in [0.2, 0.25) is 5.02 Å². The normalized spacial score (nSPS) is 10.9. The molecule has 0 aliphatic carbocycles. The van der Waals surface area contributed by atoms with Gasteiger partial charge in [-0.3, -0.25) is 4.57 Å². The number of aromatic nitrogens is 4. The van der Waals surface area contributed by atoms with E-state index in [1.54, 1.807) is 36.3 Å². The van der Waals surface area contributed by atoms with Gasteiger partial charge in [-0.05, 0) is 18.2 Å². The lowest BCUT2D eigenvalue weighted by Crippen LogP contribution is -2.02. The number of benzene rings is 2. The molecule has 0 spiro atoms. The number of allylic oxidation sites excluding steroid dienone is 1. The van der Waals surface area contributed by atoms with Gasteiger partial charge in [0.1, 0.15) is 10.8 Å². The van der Waals surface area contributed by atoms with E-state index in [1.807, 2.05) is 41.0 Å². The van der Waals surface area contributed by atoms with Gasteiger partial charge < -0.3 is 4.74 Å². The van der Waals surface area contributed by atoms with E-state index in [9.17, 15) is 0 Å². The Hall–Kier alpha value is -2.61. The molecule has 8 heteroatoms. The van der Waals surface area contributed by atoms with Crippen molar-refractivity contribution in [3.8, 4) is 27.7 Å². The van der Waals surface area contributed by atoms with E-state index >= 15 is 0 Å². The van der Waals surface area contributed by atoms with Crippen molar-refractivity contribution < 1.29 is 4.74 Å². The molecule has 5 nitrogen and oxygen atoms in total. The highest BCUT2D eigenvalue weighted by Gasteiger charge is 2.18. The van der Waals surface area contributed by atoms with Gasteiger partial charge in [0.25, 0.3) is 0 Å². The zero-order valence-electron chi connectivity index (χ0n) is 16.3. The highest BCUT2D eigenvalue weighted by atomic mass is 35.5. The molecule has 0 unspecified atom stereocenters. The van der Waals surface area contributed by atoms with Crippen molar-refractivity contribution in [3.63, 3.8) is 0 Å². The van der Waals surface area contributed by atoms with E-state index in [2.05, 4.69) is 34.3 Å². The molecule has 0 aliphatic heterocycles. The molecule has 0 aliphatic rings. The molecule has 4 rings (SSSR count). The Morgan fingerprint density at radius 2 is 2.03 bits per heavy atom. The molecule has 0 bridgehead atoms. The highest BCUT2D eigenvalue weighted by molar-refractivity contribution is 7.98. The van der Waals surface area contributed by atoms with Gasteiger partial charge in [0, 0.05) is 28.3 Å². The summed E-state index contributed by atoms with van der Waals surface area (Å²) in [5.74, 6) is 2.09. The van der Waals surface area contributed by atoms with E-state index in [0.29, 0.717) is 28.9 Å². The van der Waals surface area contributed by atoms with Gasteiger partial charge in [0.05, 0.1) is 18.4 Å². The van der Waals surface area contributed by atoms with Crippen molar-refractivity contribution in [2.75, 3.05) is 7.11 Å². The lowest BCUT2D eigenvalue weighted by Gasteiger charge is -2.11. The summed E-state index contributed by atoms with van der Waals surface area (Å²) in [6.07, 6.45) is 1.82. The molecule has 152 valence electrons. The molecule has 0 fully saturated rings. The molecule has 4 aromatic rings. The quantitative estimate of drug-likeness (QED) is 0.234. The summed E-state index contributed by atoms with van der Waals surface area (Å²) in [7, 11) is 1.63. The summed E-state index contributed by atoms with van der Waals surface area (Å²) in [5, 5.41) is 13.3. The Bertz CT molecular complexity index is 1160. The topological polar surface area (TPSA) is 52.8 Å². The summed E-state index contributed by atoms with van der Waals surface area (Å²) >= 11 is 9.45. The lowest BCUT2D eigenvalue weighted by atomic mass is 10.2. The number of methoxy groups -OCH3 is 1. The van der Waals surface area contributed by atoms with Gasteiger partial charge in [0.2, 0.25) is 0 Å². The minimum absolute atomic E-state index is 0.576. The minimum Gasteiger partial charge on any atom is -0.496 e. The second-order valence-electron chi connectivity index (χ2n) is 6.35. The van der Waals surface area contributed by atoms with Crippen LogP contribution < -0.4 is 4.74 Å². The standard InChI is InChI=1S/C22H19ClN4OS2/c1-3-11-27-20(18-12-16(23)9-10-19(18)28-2)25-26-22(27)30-14-17-13-29-21(24-17)15-7-5-4-6-8-15/h3-10,12-13H,1,11,14H2,2H3. The van der Waals surface area contributed by atoms with Crippen molar-refractivity contribution >= 4 is 34.7 Å². The maximum atomic E-state index is 6.21. The fraction of sp³-hybridized carbons (Fsp3) is 0.136. The maximum absolute atomic E-state index is 6.21. The number of rotatable bonds is 8. The number of thiazole rings is 1. The third-order valence-corrected chi connectivity index (χ3v) is 6.53. The largest absolute Gasteiger partial charge is 0.496 e. The summed E-state index contributed by atoms with van der Waals surface area (Å²) in [6.45, 7) is 4.45. The fourth-order valence-electron chi connectivity index (χ4n) is 2.97. The average Bonchev–Trinajstić information content (AvgIpc) is 3.40. The first-order chi connectivity index (χ1) is 14.7. The van der Waals surface area contributed by atoms with Gasteiger partial charge in [-0.15, -0.1) is 28.1 Å². The number of nitrogens with zero attached hydrogens (tertiary/aromatic N) is 4. The summed E-state index contributed by atoms with van der Waals surface area (Å²) in [5.41, 5.74) is 2.94. The molecule has 2 aromatic carbocycles. The number of ether oxygens (including phenoxy) is 1. The van der Waals surface area contributed by atoms with E-state index in [0.717, 1.165) is 27.0 Å². The van der Waals surface area contributed by atoms with Gasteiger partial charge in [0.15, 0.2) is 11.0 Å². The van der Waals surface area contributed by atoms with E-state index < -0.39 is 0 Å². The lowest BCUT2D eigenvalue weighted by molar-refractivity contribution is 0.416. The van der Waals surface area contributed by atoms with Crippen LogP contribution in [-0.2, 0) is 12.3 Å². The van der Waals surface area contributed by atoms with Crippen LogP contribution in [0, 0.1) is 0 Å². The Morgan fingerprint density at radius 1 is 1.20 bits per heavy atom. The zero-order valence-corrected chi connectivity index (χ0v) is 18.7. The Balaban J connectivity index is 1.58. The van der Waals surface area contributed by atoms with E-state index in [-0.39, 0.29) is 0 Å². The first-order valence-corrected chi connectivity index (χ1v) is 11.4. The molecule has 2 heterocycles. The van der Waals surface area contributed by atoms with E-state index in [1.165, 1.54) is 0 Å². The maximum Gasteiger partial charge on any atom is 0.192 e. The molecule has 0 amide bonds. The Morgan fingerprint density at radius 3 is 2.80 bits per heavy atom. The van der Waals surface area contributed by atoms with Crippen molar-refractivity contribution in [3.05, 3.63) is 77.3 Å². The number of halogens is 1. The van der Waals surface area contributed by atoms with Crippen LogP contribution in [0.15, 0.2) is 71.7 Å². The Kier molecular flexibility index (Phi) is 6.52. The van der Waals surface area contributed by atoms with Crippen LogP contribution >= 0.6 is 34.7 Å². The Labute approximate surface area is 188 Å². The molecule has 0 radical (unpaired) electrons. The SMILES string of the molecule is C=CCn1c(SCc2csc(-c3ccccc3)n2)nnc1-c1cc(Cl)ccc1OC. The molecule has 0 saturated heterocycles. The number of hydrogen-bond donors (Lipinski definition) is 0. The summed E-state index contributed by atoms with van der Waals surface area (Å²) < 4.78 is 7.50. The third-order valence-electron chi connectivity index (χ3n) is 4.35. The summed E-state index contributed by atoms with van der Waals surface area (Å²) in [4.78, 5) is 4.76. The van der Waals surface area contributed by atoms with Crippen molar-refractivity contribution in [2.24, 2.45) is 0 Å². The van der Waals surface area contributed by atoms with E-state index in [4.69, 9.17) is 21.3 Å².